The maximum atomic E-state index is 13.4. The first-order valence-electron chi connectivity index (χ1n) is 4.37. The molecule has 0 N–H and O–H groups in total. The van der Waals surface area contributed by atoms with Gasteiger partial charge in [0.1, 0.15) is 5.82 Å². The van der Waals surface area contributed by atoms with E-state index < -0.39 is 30.3 Å². The molecule has 0 bridgehead atoms. The molecule has 0 fully saturated rings. The van der Waals surface area contributed by atoms with Crippen LogP contribution in [0.2, 0.25) is 19.6 Å². The standard InChI is InChI=1S/C9H11F2NO2Si/c1-15(2,3)9-5-8(12(13)14)6(10)4-7(9)11/h4-5H,1-3H3. The van der Waals surface area contributed by atoms with Gasteiger partial charge < -0.3 is 0 Å². The molecule has 0 unspecified atom stereocenters. The molecule has 0 saturated carbocycles. The van der Waals surface area contributed by atoms with Crippen LogP contribution in [0.3, 0.4) is 0 Å². The van der Waals surface area contributed by atoms with Gasteiger partial charge in [0.05, 0.1) is 13.0 Å². The van der Waals surface area contributed by atoms with Crippen molar-refractivity contribution < 1.29 is 13.7 Å². The highest BCUT2D eigenvalue weighted by Gasteiger charge is 2.26. The number of nitro groups is 1. The second-order valence-corrected chi connectivity index (χ2v) is 9.33. The number of hydrogen-bond acceptors (Lipinski definition) is 2. The predicted molar refractivity (Wildman–Crippen MR) is 56.0 cm³/mol. The van der Waals surface area contributed by atoms with Crippen molar-refractivity contribution in [3.63, 3.8) is 0 Å². The fraction of sp³-hybridized carbons (Fsp3) is 0.333. The van der Waals surface area contributed by atoms with E-state index in [4.69, 9.17) is 0 Å². The summed E-state index contributed by atoms with van der Waals surface area (Å²) >= 11 is 0. The predicted octanol–water partition coefficient (Wildman–Crippen LogP) is 2.42. The van der Waals surface area contributed by atoms with E-state index in [-0.39, 0.29) is 5.19 Å². The summed E-state index contributed by atoms with van der Waals surface area (Å²) in [5.74, 6) is -1.82. The van der Waals surface area contributed by atoms with Gasteiger partial charge in [0.15, 0.2) is 0 Å². The lowest BCUT2D eigenvalue weighted by atomic mass is 10.3. The lowest BCUT2D eigenvalue weighted by Gasteiger charge is -2.16. The van der Waals surface area contributed by atoms with Crippen molar-refractivity contribution in [1.29, 1.82) is 0 Å². The maximum Gasteiger partial charge on any atom is 0.304 e. The highest BCUT2D eigenvalue weighted by Crippen LogP contribution is 2.18. The Morgan fingerprint density at radius 3 is 2.13 bits per heavy atom. The summed E-state index contributed by atoms with van der Waals surface area (Å²) in [6, 6.07) is 1.60. The fourth-order valence-corrected chi connectivity index (χ4v) is 2.61. The molecule has 3 nitrogen and oxygen atoms in total. The number of hydrogen-bond donors (Lipinski definition) is 0. The van der Waals surface area contributed by atoms with Gasteiger partial charge in [-0.05, 0) is 5.19 Å². The van der Waals surface area contributed by atoms with Crippen LogP contribution >= 0.6 is 0 Å². The van der Waals surface area contributed by atoms with Gasteiger partial charge in [-0.3, -0.25) is 10.1 Å². The van der Waals surface area contributed by atoms with Crippen molar-refractivity contribution in [3.05, 3.63) is 33.9 Å². The molecule has 0 radical (unpaired) electrons. The van der Waals surface area contributed by atoms with Gasteiger partial charge in [0.2, 0.25) is 5.82 Å². The van der Waals surface area contributed by atoms with Gasteiger partial charge in [-0.1, -0.05) is 19.6 Å². The van der Waals surface area contributed by atoms with E-state index in [1.54, 1.807) is 0 Å². The lowest BCUT2D eigenvalue weighted by Crippen LogP contribution is -2.40. The van der Waals surface area contributed by atoms with Crippen molar-refractivity contribution in [1.82, 2.24) is 0 Å². The largest absolute Gasteiger partial charge is 0.304 e. The molecule has 1 aromatic rings. The summed E-state index contributed by atoms with van der Waals surface area (Å²) < 4.78 is 26.4. The number of halogens is 2. The average Bonchev–Trinajstić information content (AvgIpc) is 2.00. The zero-order valence-corrected chi connectivity index (χ0v) is 9.67. The summed E-state index contributed by atoms with van der Waals surface area (Å²) in [6.45, 7) is 5.52. The summed E-state index contributed by atoms with van der Waals surface area (Å²) in [5.41, 5.74) is -0.658. The Balaban J connectivity index is 3.43. The van der Waals surface area contributed by atoms with Gasteiger partial charge in [-0.25, -0.2) is 4.39 Å². The van der Waals surface area contributed by atoms with Crippen molar-refractivity contribution in [2.75, 3.05) is 0 Å². The fourth-order valence-electron chi connectivity index (χ4n) is 1.25. The topological polar surface area (TPSA) is 43.1 Å². The first-order valence-corrected chi connectivity index (χ1v) is 7.87. The van der Waals surface area contributed by atoms with Crippen LogP contribution in [0.4, 0.5) is 14.5 Å². The Morgan fingerprint density at radius 2 is 1.73 bits per heavy atom. The molecule has 0 saturated heterocycles. The van der Waals surface area contributed by atoms with Crippen LogP contribution in [0, 0.1) is 21.7 Å². The van der Waals surface area contributed by atoms with Gasteiger partial charge in [0, 0.05) is 12.1 Å². The Hall–Kier alpha value is -1.30. The number of nitro benzene ring substituents is 1. The van der Waals surface area contributed by atoms with Gasteiger partial charge in [0.25, 0.3) is 0 Å². The molecule has 1 aromatic carbocycles. The molecule has 0 atom stereocenters. The minimum atomic E-state index is -2.02. The lowest BCUT2D eigenvalue weighted by molar-refractivity contribution is -0.387. The zero-order valence-electron chi connectivity index (χ0n) is 8.67. The minimum absolute atomic E-state index is 0.274. The minimum Gasteiger partial charge on any atom is -0.258 e. The molecule has 82 valence electrons. The molecular weight excluding hydrogens is 220 g/mol. The zero-order chi connectivity index (χ0) is 11.8. The van der Waals surface area contributed by atoms with E-state index in [0.29, 0.717) is 6.07 Å². The van der Waals surface area contributed by atoms with Crippen LogP contribution in [-0.2, 0) is 0 Å². The molecule has 0 heterocycles. The molecule has 1 rings (SSSR count). The van der Waals surface area contributed by atoms with Crippen LogP contribution < -0.4 is 5.19 Å². The summed E-state index contributed by atoms with van der Waals surface area (Å²) in [4.78, 5) is 9.64. The van der Waals surface area contributed by atoms with Gasteiger partial charge in [-0.2, -0.15) is 4.39 Å². The highest BCUT2D eigenvalue weighted by molar-refractivity contribution is 6.88. The number of benzene rings is 1. The second kappa shape index (κ2) is 3.69. The van der Waals surface area contributed by atoms with E-state index in [0.717, 1.165) is 6.07 Å². The van der Waals surface area contributed by atoms with Crippen LogP contribution in [0.5, 0.6) is 0 Å². The van der Waals surface area contributed by atoms with E-state index >= 15 is 0 Å². The molecule has 15 heavy (non-hydrogen) atoms. The summed E-state index contributed by atoms with van der Waals surface area (Å²) in [5, 5.41) is 10.7. The van der Waals surface area contributed by atoms with Crippen LogP contribution in [0.15, 0.2) is 12.1 Å². The molecular formula is C9H11F2NO2Si. The average molecular weight is 231 g/mol. The molecule has 0 aromatic heterocycles. The van der Waals surface area contributed by atoms with Crippen molar-refractivity contribution in [2.45, 2.75) is 19.6 Å². The molecule has 0 aliphatic rings. The van der Waals surface area contributed by atoms with Crippen molar-refractivity contribution >= 4 is 18.9 Å². The molecule has 0 amide bonds. The SMILES string of the molecule is C[Si](C)(C)c1cc([N+](=O)[O-])c(F)cc1F. The van der Waals surface area contributed by atoms with E-state index in [2.05, 4.69) is 0 Å². The first-order chi connectivity index (χ1) is 6.73. The third kappa shape index (κ3) is 2.38. The number of nitrogens with zero attached hydrogens (tertiary/aromatic N) is 1. The molecule has 0 aliphatic carbocycles. The Kier molecular flexibility index (Phi) is 2.90. The molecule has 0 spiro atoms. The summed E-state index contributed by atoms with van der Waals surface area (Å²) in [7, 11) is -2.02. The van der Waals surface area contributed by atoms with E-state index in [9.17, 15) is 18.9 Å². The molecule has 6 heteroatoms. The smallest absolute Gasteiger partial charge is 0.258 e. The monoisotopic (exact) mass is 231 g/mol. The summed E-state index contributed by atoms with van der Waals surface area (Å²) in [6.07, 6.45) is 0. The quantitative estimate of drug-likeness (QED) is 0.445. The maximum absolute atomic E-state index is 13.4. The van der Waals surface area contributed by atoms with E-state index in [1.165, 1.54) is 0 Å². The third-order valence-corrected chi connectivity index (χ3v) is 4.04. The van der Waals surface area contributed by atoms with Crippen molar-refractivity contribution in [3.8, 4) is 0 Å². The first kappa shape index (κ1) is 11.8. The third-order valence-electron chi connectivity index (χ3n) is 2.04. The van der Waals surface area contributed by atoms with E-state index in [1.807, 2.05) is 19.6 Å². The van der Waals surface area contributed by atoms with Gasteiger partial charge in [-0.15, -0.1) is 0 Å². The van der Waals surface area contributed by atoms with Gasteiger partial charge >= 0.3 is 5.69 Å². The normalized spacial score (nSPS) is 11.5. The van der Waals surface area contributed by atoms with Crippen LogP contribution in [-0.4, -0.2) is 13.0 Å². The Labute approximate surface area is 86.9 Å². The van der Waals surface area contributed by atoms with Crippen molar-refractivity contribution in [2.24, 2.45) is 0 Å². The van der Waals surface area contributed by atoms with Crippen LogP contribution in [0.25, 0.3) is 0 Å². The second-order valence-electron chi connectivity index (χ2n) is 4.29. The Bertz CT molecular complexity index is 415. The highest BCUT2D eigenvalue weighted by atomic mass is 28.3. The number of rotatable bonds is 2. The molecule has 0 aliphatic heterocycles. The van der Waals surface area contributed by atoms with Crippen LogP contribution in [0.1, 0.15) is 0 Å². The Morgan fingerprint density at radius 1 is 1.20 bits per heavy atom.